The molecule has 0 aliphatic carbocycles. The maximum atomic E-state index is 13.9. The van der Waals surface area contributed by atoms with Gasteiger partial charge in [0, 0.05) is 12.6 Å². The Kier molecular flexibility index (Phi) is 9.82. The van der Waals surface area contributed by atoms with Crippen LogP contribution < -0.4 is 9.62 Å². The SMILES string of the molecule is Cc1ccccc1CN(C(=O)CN(c1ccc(Cl)c(Cl)c1)S(=O)(=O)c1ccccc1)[C@@H](C)C(=O)NC(C)C. The first-order valence-electron chi connectivity index (χ1n) is 12.1. The van der Waals surface area contributed by atoms with Crippen molar-refractivity contribution >= 4 is 50.7 Å². The molecule has 0 heterocycles. The maximum absolute atomic E-state index is 13.9. The van der Waals surface area contributed by atoms with E-state index in [0.717, 1.165) is 15.4 Å². The van der Waals surface area contributed by atoms with Gasteiger partial charge in [-0.1, -0.05) is 65.7 Å². The van der Waals surface area contributed by atoms with Gasteiger partial charge in [-0.2, -0.15) is 0 Å². The van der Waals surface area contributed by atoms with Gasteiger partial charge in [0.05, 0.1) is 20.6 Å². The van der Waals surface area contributed by atoms with E-state index in [1.807, 2.05) is 45.0 Å². The van der Waals surface area contributed by atoms with Gasteiger partial charge < -0.3 is 10.2 Å². The molecule has 0 fully saturated rings. The van der Waals surface area contributed by atoms with Crippen molar-refractivity contribution in [3.05, 3.63) is 94.0 Å². The van der Waals surface area contributed by atoms with Crippen LogP contribution in [0, 0.1) is 6.92 Å². The zero-order valence-electron chi connectivity index (χ0n) is 21.7. The van der Waals surface area contributed by atoms with Crippen LogP contribution in [0.5, 0.6) is 0 Å². The van der Waals surface area contributed by atoms with Gasteiger partial charge in [-0.05, 0) is 69.2 Å². The zero-order valence-corrected chi connectivity index (χ0v) is 24.0. The van der Waals surface area contributed by atoms with E-state index in [1.165, 1.54) is 35.2 Å². The number of carbonyl (C=O) groups is 2. The molecule has 0 aliphatic heterocycles. The Hall–Kier alpha value is -3.07. The predicted octanol–water partition coefficient (Wildman–Crippen LogP) is 5.44. The molecule has 38 heavy (non-hydrogen) atoms. The summed E-state index contributed by atoms with van der Waals surface area (Å²) in [5.41, 5.74) is 1.96. The summed E-state index contributed by atoms with van der Waals surface area (Å²) in [5, 5.41) is 3.23. The molecule has 10 heteroatoms. The van der Waals surface area contributed by atoms with E-state index in [1.54, 1.807) is 25.1 Å². The maximum Gasteiger partial charge on any atom is 0.264 e. The van der Waals surface area contributed by atoms with E-state index < -0.39 is 28.5 Å². The lowest BCUT2D eigenvalue weighted by Crippen LogP contribution is -2.52. The smallest absolute Gasteiger partial charge is 0.264 e. The number of hydrogen-bond acceptors (Lipinski definition) is 4. The number of nitrogens with one attached hydrogen (secondary N) is 1. The van der Waals surface area contributed by atoms with E-state index in [9.17, 15) is 18.0 Å². The number of carbonyl (C=O) groups excluding carboxylic acids is 2. The molecule has 0 aromatic heterocycles. The molecule has 0 unspecified atom stereocenters. The number of anilines is 1. The lowest BCUT2D eigenvalue weighted by molar-refractivity contribution is -0.139. The van der Waals surface area contributed by atoms with E-state index >= 15 is 0 Å². The molecule has 3 aromatic rings. The second-order valence-corrected chi connectivity index (χ2v) is 11.9. The Bertz CT molecular complexity index is 1400. The number of hydrogen-bond donors (Lipinski definition) is 1. The molecule has 0 radical (unpaired) electrons. The van der Waals surface area contributed by atoms with Gasteiger partial charge in [0.25, 0.3) is 10.0 Å². The number of benzene rings is 3. The molecule has 1 N–H and O–H groups in total. The van der Waals surface area contributed by atoms with Crippen molar-refractivity contribution in [3.8, 4) is 0 Å². The van der Waals surface area contributed by atoms with Gasteiger partial charge in [0.15, 0.2) is 0 Å². The van der Waals surface area contributed by atoms with Gasteiger partial charge in [-0.25, -0.2) is 8.42 Å². The third kappa shape index (κ3) is 7.07. The molecule has 0 saturated carbocycles. The molecular weight excluding hydrogens is 545 g/mol. The third-order valence-electron chi connectivity index (χ3n) is 6.00. The van der Waals surface area contributed by atoms with Crippen LogP contribution in [0.3, 0.4) is 0 Å². The predicted molar refractivity (Wildman–Crippen MR) is 152 cm³/mol. The highest BCUT2D eigenvalue weighted by Crippen LogP contribution is 2.31. The van der Waals surface area contributed by atoms with Crippen molar-refractivity contribution in [2.45, 2.75) is 51.2 Å². The minimum atomic E-state index is -4.17. The van der Waals surface area contributed by atoms with Crippen molar-refractivity contribution in [1.82, 2.24) is 10.2 Å². The number of halogens is 2. The summed E-state index contributed by atoms with van der Waals surface area (Å²) >= 11 is 12.3. The van der Waals surface area contributed by atoms with Gasteiger partial charge in [-0.3, -0.25) is 13.9 Å². The summed E-state index contributed by atoms with van der Waals surface area (Å²) in [6.07, 6.45) is 0. The number of amides is 2. The van der Waals surface area contributed by atoms with Crippen LogP contribution in [0.25, 0.3) is 0 Å². The minimum absolute atomic E-state index is 0.00919. The number of nitrogens with zero attached hydrogens (tertiary/aromatic N) is 2. The number of aryl methyl sites for hydroxylation is 1. The number of sulfonamides is 1. The highest BCUT2D eigenvalue weighted by Gasteiger charge is 2.33. The molecule has 7 nitrogen and oxygen atoms in total. The fourth-order valence-corrected chi connectivity index (χ4v) is 5.57. The van der Waals surface area contributed by atoms with Crippen LogP contribution in [-0.4, -0.2) is 43.8 Å². The standard InChI is InChI=1S/C28H31Cl2N3O4S/c1-19(2)31-28(35)21(4)32(17-22-11-9-8-10-20(22)3)27(34)18-33(23-14-15-25(29)26(30)16-23)38(36,37)24-12-6-5-7-13-24/h5-16,19,21H,17-18H2,1-4H3,(H,31,35)/t21-/m0/s1. The van der Waals surface area contributed by atoms with E-state index in [-0.39, 0.29) is 39.1 Å². The summed E-state index contributed by atoms with van der Waals surface area (Å²) in [5.74, 6) is -0.890. The van der Waals surface area contributed by atoms with Crippen molar-refractivity contribution in [3.63, 3.8) is 0 Å². The van der Waals surface area contributed by atoms with Crippen molar-refractivity contribution in [1.29, 1.82) is 0 Å². The van der Waals surface area contributed by atoms with Crippen molar-refractivity contribution < 1.29 is 18.0 Å². The summed E-state index contributed by atoms with van der Waals surface area (Å²) in [4.78, 5) is 28.2. The van der Waals surface area contributed by atoms with E-state index in [2.05, 4.69) is 5.32 Å². The molecule has 0 spiro atoms. The molecule has 0 bridgehead atoms. The normalized spacial score (nSPS) is 12.2. The Balaban J connectivity index is 2.06. The highest BCUT2D eigenvalue weighted by atomic mass is 35.5. The molecule has 0 aliphatic rings. The second-order valence-electron chi connectivity index (χ2n) is 9.21. The Labute approximate surface area is 234 Å². The third-order valence-corrected chi connectivity index (χ3v) is 8.53. The van der Waals surface area contributed by atoms with Gasteiger partial charge in [0.1, 0.15) is 12.6 Å². The van der Waals surface area contributed by atoms with Gasteiger partial charge in [-0.15, -0.1) is 0 Å². The van der Waals surface area contributed by atoms with Crippen LogP contribution in [0.1, 0.15) is 31.9 Å². The van der Waals surface area contributed by atoms with Crippen LogP contribution in [0.4, 0.5) is 5.69 Å². The lowest BCUT2D eigenvalue weighted by Gasteiger charge is -2.32. The number of rotatable bonds is 10. The minimum Gasteiger partial charge on any atom is -0.352 e. The Morgan fingerprint density at radius 1 is 0.895 bits per heavy atom. The molecule has 3 rings (SSSR count). The van der Waals surface area contributed by atoms with E-state index in [4.69, 9.17) is 23.2 Å². The van der Waals surface area contributed by atoms with Crippen molar-refractivity contribution in [2.24, 2.45) is 0 Å². The summed E-state index contributed by atoms with van der Waals surface area (Å²) in [6.45, 7) is 6.77. The Morgan fingerprint density at radius 3 is 2.13 bits per heavy atom. The van der Waals surface area contributed by atoms with E-state index in [0.29, 0.717) is 0 Å². The highest BCUT2D eigenvalue weighted by molar-refractivity contribution is 7.92. The van der Waals surface area contributed by atoms with Crippen LogP contribution in [-0.2, 0) is 26.2 Å². The second kappa shape index (κ2) is 12.7. The fourth-order valence-electron chi connectivity index (χ4n) is 3.85. The summed E-state index contributed by atoms with van der Waals surface area (Å²) < 4.78 is 28.5. The topological polar surface area (TPSA) is 86.8 Å². The summed E-state index contributed by atoms with van der Waals surface area (Å²) in [6, 6.07) is 18.7. The average molecular weight is 577 g/mol. The van der Waals surface area contributed by atoms with Gasteiger partial charge >= 0.3 is 0 Å². The molecule has 202 valence electrons. The average Bonchev–Trinajstić information content (AvgIpc) is 2.88. The molecule has 3 aromatic carbocycles. The largest absolute Gasteiger partial charge is 0.352 e. The zero-order chi connectivity index (χ0) is 28.0. The molecular formula is C28H31Cl2N3O4S. The first-order valence-corrected chi connectivity index (χ1v) is 14.3. The van der Waals surface area contributed by atoms with Crippen LogP contribution >= 0.6 is 23.2 Å². The van der Waals surface area contributed by atoms with Crippen LogP contribution in [0.2, 0.25) is 10.0 Å². The Morgan fingerprint density at radius 2 is 1.53 bits per heavy atom. The van der Waals surface area contributed by atoms with Crippen molar-refractivity contribution in [2.75, 3.05) is 10.8 Å². The first kappa shape index (κ1) is 29.5. The van der Waals surface area contributed by atoms with Crippen LogP contribution in [0.15, 0.2) is 77.7 Å². The quantitative estimate of drug-likeness (QED) is 0.348. The molecule has 2 amide bonds. The summed E-state index contributed by atoms with van der Waals surface area (Å²) in [7, 11) is -4.17. The fraction of sp³-hybridized carbons (Fsp3) is 0.286. The molecule has 1 atom stereocenters. The lowest BCUT2D eigenvalue weighted by atomic mass is 10.1. The monoisotopic (exact) mass is 575 g/mol. The first-order chi connectivity index (χ1) is 17.9. The molecule has 0 saturated heterocycles. The van der Waals surface area contributed by atoms with Gasteiger partial charge in [0.2, 0.25) is 11.8 Å².